The molecular weight excluding hydrogens is 230 g/mol. The van der Waals surface area contributed by atoms with E-state index in [4.69, 9.17) is 25.8 Å². The zero-order valence-corrected chi connectivity index (χ0v) is 10.0. The molecule has 5 heteroatoms. The Kier molecular flexibility index (Phi) is 3.33. The van der Waals surface area contributed by atoms with Crippen molar-refractivity contribution >= 4 is 11.6 Å². The van der Waals surface area contributed by atoms with Crippen molar-refractivity contribution in [3.05, 3.63) is 23.4 Å². The van der Waals surface area contributed by atoms with Crippen molar-refractivity contribution in [2.45, 2.75) is 25.7 Å². The van der Waals surface area contributed by atoms with Gasteiger partial charge in [0.2, 0.25) is 5.88 Å². The first kappa shape index (κ1) is 11.6. The molecular formula is C11H14ClNO3. The molecule has 1 aliphatic heterocycles. The average Bonchev–Trinajstić information content (AvgIpc) is 2.56. The largest absolute Gasteiger partial charge is 0.475 e. The smallest absolute Gasteiger partial charge is 0.214 e. The van der Waals surface area contributed by atoms with Crippen LogP contribution in [0.4, 0.5) is 0 Å². The SMILES string of the molecule is CC1(C)OCC(COc2cccc(Cl)n2)O1. The highest BCUT2D eigenvalue weighted by Crippen LogP contribution is 2.22. The number of aromatic nitrogens is 1. The van der Waals surface area contributed by atoms with Crippen molar-refractivity contribution in [1.82, 2.24) is 4.98 Å². The third kappa shape index (κ3) is 3.07. The molecule has 2 heterocycles. The van der Waals surface area contributed by atoms with E-state index in [0.717, 1.165) is 0 Å². The van der Waals surface area contributed by atoms with Crippen LogP contribution in [0.25, 0.3) is 0 Å². The van der Waals surface area contributed by atoms with Gasteiger partial charge in [0.25, 0.3) is 0 Å². The molecule has 0 N–H and O–H groups in total. The van der Waals surface area contributed by atoms with E-state index < -0.39 is 5.79 Å². The van der Waals surface area contributed by atoms with Crippen LogP contribution in [0.3, 0.4) is 0 Å². The van der Waals surface area contributed by atoms with Crippen LogP contribution in [-0.4, -0.2) is 30.1 Å². The molecule has 1 aromatic rings. The monoisotopic (exact) mass is 243 g/mol. The molecule has 1 aliphatic rings. The number of nitrogens with zero attached hydrogens (tertiary/aromatic N) is 1. The number of halogens is 1. The molecule has 1 aromatic heterocycles. The molecule has 1 fully saturated rings. The van der Waals surface area contributed by atoms with Gasteiger partial charge in [0, 0.05) is 6.07 Å². The Morgan fingerprint density at radius 3 is 3.00 bits per heavy atom. The van der Waals surface area contributed by atoms with Gasteiger partial charge in [0.05, 0.1) is 6.61 Å². The van der Waals surface area contributed by atoms with Crippen molar-refractivity contribution in [1.29, 1.82) is 0 Å². The Morgan fingerprint density at radius 1 is 1.56 bits per heavy atom. The normalized spacial score (nSPS) is 23.3. The standard InChI is InChI=1S/C11H14ClNO3/c1-11(2)15-7-8(16-11)6-14-10-5-3-4-9(12)13-10/h3-5,8H,6-7H2,1-2H3. The summed E-state index contributed by atoms with van der Waals surface area (Å²) >= 11 is 5.74. The third-order valence-corrected chi connectivity index (χ3v) is 2.38. The molecule has 88 valence electrons. The zero-order valence-electron chi connectivity index (χ0n) is 9.27. The zero-order chi connectivity index (χ0) is 11.6. The summed E-state index contributed by atoms with van der Waals surface area (Å²) in [5.74, 6) is -0.0173. The van der Waals surface area contributed by atoms with Crippen LogP contribution in [0.15, 0.2) is 18.2 Å². The van der Waals surface area contributed by atoms with Gasteiger partial charge in [-0.2, -0.15) is 0 Å². The highest BCUT2D eigenvalue weighted by atomic mass is 35.5. The molecule has 1 unspecified atom stereocenters. The van der Waals surface area contributed by atoms with Crippen LogP contribution in [0.1, 0.15) is 13.8 Å². The average molecular weight is 244 g/mol. The van der Waals surface area contributed by atoms with E-state index in [2.05, 4.69) is 4.98 Å². The molecule has 2 rings (SSSR count). The first-order valence-electron chi connectivity index (χ1n) is 5.12. The summed E-state index contributed by atoms with van der Waals surface area (Å²) < 4.78 is 16.5. The van der Waals surface area contributed by atoms with Crippen molar-refractivity contribution in [2.24, 2.45) is 0 Å². The Bertz CT molecular complexity index is 370. The van der Waals surface area contributed by atoms with E-state index in [0.29, 0.717) is 24.2 Å². The van der Waals surface area contributed by atoms with E-state index in [1.54, 1.807) is 18.2 Å². The molecule has 0 spiro atoms. The van der Waals surface area contributed by atoms with Crippen LogP contribution in [0.5, 0.6) is 5.88 Å². The Balaban J connectivity index is 1.84. The number of pyridine rings is 1. The molecule has 0 aromatic carbocycles. The lowest BCUT2D eigenvalue weighted by atomic mass is 10.4. The maximum atomic E-state index is 5.74. The van der Waals surface area contributed by atoms with Crippen molar-refractivity contribution in [3.8, 4) is 5.88 Å². The molecule has 1 saturated heterocycles. The Labute approximate surface area is 99.5 Å². The maximum Gasteiger partial charge on any atom is 0.214 e. The quantitative estimate of drug-likeness (QED) is 0.764. The summed E-state index contributed by atoms with van der Waals surface area (Å²) in [4.78, 5) is 4.02. The minimum absolute atomic E-state index is 0.0595. The minimum atomic E-state index is -0.518. The topological polar surface area (TPSA) is 40.6 Å². The lowest BCUT2D eigenvalue weighted by Gasteiger charge is -2.17. The fourth-order valence-corrected chi connectivity index (χ4v) is 1.65. The Hall–Kier alpha value is -0.840. The van der Waals surface area contributed by atoms with Crippen molar-refractivity contribution in [3.63, 3.8) is 0 Å². The van der Waals surface area contributed by atoms with Crippen LogP contribution in [0, 0.1) is 0 Å². The fourth-order valence-electron chi connectivity index (χ4n) is 1.49. The molecule has 4 nitrogen and oxygen atoms in total. The highest BCUT2D eigenvalue weighted by molar-refractivity contribution is 6.29. The summed E-state index contributed by atoms with van der Waals surface area (Å²) in [7, 11) is 0. The maximum absolute atomic E-state index is 5.74. The molecule has 1 atom stereocenters. The van der Waals surface area contributed by atoms with Crippen LogP contribution < -0.4 is 4.74 Å². The summed E-state index contributed by atoms with van der Waals surface area (Å²) in [5, 5.41) is 0.418. The van der Waals surface area contributed by atoms with Crippen molar-refractivity contribution in [2.75, 3.05) is 13.2 Å². The van der Waals surface area contributed by atoms with Gasteiger partial charge < -0.3 is 14.2 Å². The van der Waals surface area contributed by atoms with Gasteiger partial charge in [0.1, 0.15) is 17.9 Å². The third-order valence-electron chi connectivity index (χ3n) is 2.17. The van der Waals surface area contributed by atoms with Crippen LogP contribution >= 0.6 is 11.6 Å². The number of ether oxygens (including phenoxy) is 3. The van der Waals surface area contributed by atoms with Crippen molar-refractivity contribution < 1.29 is 14.2 Å². The lowest BCUT2D eigenvalue weighted by Crippen LogP contribution is -2.25. The Morgan fingerprint density at radius 2 is 2.38 bits per heavy atom. The number of hydrogen-bond donors (Lipinski definition) is 0. The predicted octanol–water partition coefficient (Wildman–Crippen LogP) is 2.27. The molecule has 0 amide bonds. The molecule has 0 saturated carbocycles. The molecule has 0 radical (unpaired) electrons. The van der Waals surface area contributed by atoms with Gasteiger partial charge in [-0.25, -0.2) is 4.98 Å². The lowest BCUT2D eigenvalue weighted by molar-refractivity contribution is -0.141. The predicted molar refractivity (Wildman–Crippen MR) is 59.6 cm³/mol. The van der Waals surface area contributed by atoms with Gasteiger partial charge in [-0.1, -0.05) is 17.7 Å². The fraction of sp³-hybridized carbons (Fsp3) is 0.545. The van der Waals surface area contributed by atoms with Crippen LogP contribution in [-0.2, 0) is 9.47 Å². The van der Waals surface area contributed by atoms with E-state index >= 15 is 0 Å². The number of hydrogen-bond acceptors (Lipinski definition) is 4. The van der Waals surface area contributed by atoms with Gasteiger partial charge in [0.15, 0.2) is 5.79 Å². The van der Waals surface area contributed by atoms with Gasteiger partial charge in [-0.05, 0) is 19.9 Å². The molecule has 0 bridgehead atoms. The second-order valence-corrected chi connectivity index (χ2v) is 4.45. The number of rotatable bonds is 3. The highest BCUT2D eigenvalue weighted by Gasteiger charge is 2.32. The molecule has 0 aliphatic carbocycles. The van der Waals surface area contributed by atoms with Gasteiger partial charge in [-0.3, -0.25) is 0 Å². The van der Waals surface area contributed by atoms with Gasteiger partial charge in [-0.15, -0.1) is 0 Å². The van der Waals surface area contributed by atoms with E-state index in [1.807, 2.05) is 13.8 Å². The second-order valence-electron chi connectivity index (χ2n) is 4.06. The first-order valence-corrected chi connectivity index (χ1v) is 5.50. The first-order chi connectivity index (χ1) is 7.55. The summed E-state index contributed by atoms with van der Waals surface area (Å²) in [6.07, 6.45) is -0.0595. The summed E-state index contributed by atoms with van der Waals surface area (Å²) in [5.41, 5.74) is 0. The summed E-state index contributed by atoms with van der Waals surface area (Å²) in [6, 6.07) is 5.25. The molecule has 16 heavy (non-hydrogen) atoms. The second kappa shape index (κ2) is 4.57. The van der Waals surface area contributed by atoms with E-state index in [1.165, 1.54) is 0 Å². The van der Waals surface area contributed by atoms with E-state index in [-0.39, 0.29) is 6.10 Å². The minimum Gasteiger partial charge on any atom is -0.475 e. The van der Waals surface area contributed by atoms with Gasteiger partial charge >= 0.3 is 0 Å². The van der Waals surface area contributed by atoms with E-state index in [9.17, 15) is 0 Å². The summed E-state index contributed by atoms with van der Waals surface area (Å²) in [6.45, 7) is 4.71. The van der Waals surface area contributed by atoms with Crippen LogP contribution in [0.2, 0.25) is 5.15 Å².